The Morgan fingerprint density at radius 3 is 2.94 bits per heavy atom. The van der Waals surface area contributed by atoms with Gasteiger partial charge in [-0.25, -0.2) is 0 Å². The fourth-order valence-electron chi connectivity index (χ4n) is 1.32. The molecule has 0 saturated heterocycles. The minimum Gasteiger partial charge on any atom is -0.493 e. The minimum absolute atomic E-state index is 0.339. The molecule has 0 fully saturated rings. The average Bonchev–Trinajstić information content (AvgIpc) is 2.89. The van der Waals surface area contributed by atoms with Crippen LogP contribution in [-0.4, -0.2) is 12.3 Å². The molecule has 86 valence electrons. The Hall–Kier alpha value is -2.48. The number of aromatic nitrogens is 1. The van der Waals surface area contributed by atoms with E-state index in [1.54, 1.807) is 24.4 Å². The van der Waals surface area contributed by atoms with Crippen molar-refractivity contribution in [1.82, 2.24) is 5.16 Å². The van der Waals surface area contributed by atoms with Gasteiger partial charge >= 0.3 is 0 Å². The van der Waals surface area contributed by atoms with Crippen LogP contribution in [0, 0.1) is 11.3 Å². The van der Waals surface area contributed by atoms with E-state index < -0.39 is 0 Å². The average molecular weight is 230 g/mol. The third kappa shape index (κ3) is 2.55. The van der Waals surface area contributed by atoms with Crippen molar-refractivity contribution in [1.29, 1.82) is 5.26 Å². The van der Waals surface area contributed by atoms with E-state index in [0.717, 1.165) is 5.56 Å². The highest BCUT2D eigenvalue weighted by Crippen LogP contribution is 2.28. The summed E-state index contributed by atoms with van der Waals surface area (Å²) in [4.78, 5) is 0. The topological polar surface area (TPSA) is 68.3 Å². The number of hydrogen-bond donors (Lipinski definition) is 0. The van der Waals surface area contributed by atoms with E-state index in [1.165, 1.54) is 13.4 Å². The van der Waals surface area contributed by atoms with Crippen LogP contribution in [0.2, 0.25) is 0 Å². The number of benzene rings is 1. The summed E-state index contributed by atoms with van der Waals surface area (Å²) in [6.45, 7) is 0.339. The number of rotatable bonds is 4. The molecule has 0 amide bonds. The van der Waals surface area contributed by atoms with E-state index in [9.17, 15) is 0 Å². The van der Waals surface area contributed by atoms with Crippen LogP contribution >= 0.6 is 0 Å². The van der Waals surface area contributed by atoms with Gasteiger partial charge in [-0.15, -0.1) is 0 Å². The summed E-state index contributed by atoms with van der Waals surface area (Å²) in [6, 6.07) is 7.04. The van der Waals surface area contributed by atoms with Gasteiger partial charge in [-0.2, -0.15) is 5.26 Å². The SMILES string of the molecule is COc1cc(C#N)ccc1OCc1cnoc1. The Morgan fingerprint density at radius 1 is 1.41 bits per heavy atom. The van der Waals surface area contributed by atoms with Crippen LogP contribution < -0.4 is 9.47 Å². The monoisotopic (exact) mass is 230 g/mol. The smallest absolute Gasteiger partial charge is 0.162 e. The first-order valence-electron chi connectivity index (χ1n) is 4.92. The molecule has 17 heavy (non-hydrogen) atoms. The van der Waals surface area contributed by atoms with Crippen molar-refractivity contribution >= 4 is 0 Å². The summed E-state index contributed by atoms with van der Waals surface area (Å²) in [6.07, 6.45) is 3.09. The van der Waals surface area contributed by atoms with Crippen LogP contribution in [0.15, 0.2) is 35.2 Å². The number of methoxy groups -OCH3 is 1. The molecule has 0 spiro atoms. The number of ether oxygens (including phenoxy) is 2. The zero-order valence-electron chi connectivity index (χ0n) is 9.21. The summed E-state index contributed by atoms with van der Waals surface area (Å²) in [5.74, 6) is 1.10. The van der Waals surface area contributed by atoms with Gasteiger partial charge in [0.15, 0.2) is 11.5 Å². The van der Waals surface area contributed by atoms with Crippen LogP contribution in [0.4, 0.5) is 0 Å². The van der Waals surface area contributed by atoms with Gasteiger partial charge in [-0.1, -0.05) is 5.16 Å². The molecule has 0 saturated carbocycles. The molecule has 0 bridgehead atoms. The zero-order chi connectivity index (χ0) is 12.1. The maximum atomic E-state index is 8.76. The van der Waals surface area contributed by atoms with E-state index >= 15 is 0 Å². The third-order valence-electron chi connectivity index (χ3n) is 2.17. The van der Waals surface area contributed by atoms with E-state index in [-0.39, 0.29) is 0 Å². The Kier molecular flexibility index (Phi) is 3.26. The van der Waals surface area contributed by atoms with Crippen LogP contribution in [0.3, 0.4) is 0 Å². The fraction of sp³-hybridized carbons (Fsp3) is 0.167. The quantitative estimate of drug-likeness (QED) is 0.804. The number of hydrogen-bond acceptors (Lipinski definition) is 5. The fourth-order valence-corrected chi connectivity index (χ4v) is 1.32. The van der Waals surface area contributed by atoms with Crippen molar-refractivity contribution < 1.29 is 14.0 Å². The van der Waals surface area contributed by atoms with Crippen LogP contribution in [0.5, 0.6) is 11.5 Å². The van der Waals surface area contributed by atoms with Gasteiger partial charge in [0.05, 0.1) is 24.9 Å². The summed E-state index contributed by atoms with van der Waals surface area (Å²) in [7, 11) is 1.53. The summed E-state index contributed by atoms with van der Waals surface area (Å²) in [5, 5.41) is 12.3. The molecule has 0 aliphatic heterocycles. The van der Waals surface area contributed by atoms with E-state index in [2.05, 4.69) is 5.16 Å². The maximum Gasteiger partial charge on any atom is 0.162 e. The van der Waals surface area contributed by atoms with Gasteiger partial charge in [0.1, 0.15) is 12.9 Å². The third-order valence-corrected chi connectivity index (χ3v) is 2.17. The molecule has 5 heteroatoms. The van der Waals surface area contributed by atoms with Crippen LogP contribution in [0.1, 0.15) is 11.1 Å². The van der Waals surface area contributed by atoms with Crippen molar-refractivity contribution in [3.63, 3.8) is 0 Å². The molecule has 5 nitrogen and oxygen atoms in total. The molecule has 0 unspecified atom stereocenters. The summed E-state index contributed by atoms with van der Waals surface area (Å²) >= 11 is 0. The van der Waals surface area contributed by atoms with E-state index in [1.807, 2.05) is 6.07 Å². The van der Waals surface area contributed by atoms with E-state index in [0.29, 0.717) is 23.7 Å². The lowest BCUT2D eigenvalue weighted by Gasteiger charge is -2.09. The lowest BCUT2D eigenvalue weighted by atomic mass is 10.2. The van der Waals surface area contributed by atoms with Gasteiger partial charge in [-0.3, -0.25) is 0 Å². The summed E-state index contributed by atoms with van der Waals surface area (Å²) in [5.41, 5.74) is 1.36. The molecule has 0 aliphatic carbocycles. The molecular weight excluding hydrogens is 220 g/mol. The predicted octanol–water partition coefficient (Wildman–Crippen LogP) is 2.13. The molecule has 2 aromatic rings. The first-order chi connectivity index (χ1) is 8.33. The standard InChI is InChI=1S/C12H10N2O3/c1-15-12-4-9(5-13)2-3-11(12)16-7-10-6-14-17-8-10/h2-4,6,8H,7H2,1H3. The van der Waals surface area contributed by atoms with Gasteiger partial charge in [0.25, 0.3) is 0 Å². The van der Waals surface area contributed by atoms with Crippen molar-refractivity contribution in [2.45, 2.75) is 6.61 Å². The highest BCUT2D eigenvalue weighted by molar-refractivity contribution is 5.46. The van der Waals surface area contributed by atoms with Crippen molar-refractivity contribution in [3.8, 4) is 17.6 Å². The molecular formula is C12H10N2O3. The first-order valence-corrected chi connectivity index (χ1v) is 4.92. The second kappa shape index (κ2) is 5.03. The molecule has 0 N–H and O–H groups in total. The largest absolute Gasteiger partial charge is 0.493 e. The second-order valence-corrected chi connectivity index (χ2v) is 3.30. The Labute approximate surface area is 98.2 Å². The van der Waals surface area contributed by atoms with Gasteiger partial charge in [-0.05, 0) is 12.1 Å². The normalized spacial score (nSPS) is 9.65. The molecule has 1 aromatic carbocycles. The first kappa shape index (κ1) is 11.0. The maximum absolute atomic E-state index is 8.76. The van der Waals surface area contributed by atoms with Crippen LogP contribution in [0.25, 0.3) is 0 Å². The summed E-state index contributed by atoms with van der Waals surface area (Å²) < 4.78 is 15.4. The predicted molar refractivity (Wildman–Crippen MR) is 58.5 cm³/mol. The molecule has 0 atom stereocenters. The van der Waals surface area contributed by atoms with Gasteiger partial charge < -0.3 is 14.0 Å². The van der Waals surface area contributed by atoms with Crippen molar-refractivity contribution in [2.24, 2.45) is 0 Å². The minimum atomic E-state index is 0.339. The highest BCUT2D eigenvalue weighted by Gasteiger charge is 2.06. The molecule has 0 aliphatic rings. The molecule has 0 radical (unpaired) electrons. The Bertz CT molecular complexity index is 529. The van der Waals surface area contributed by atoms with Gasteiger partial charge in [0, 0.05) is 11.6 Å². The zero-order valence-corrected chi connectivity index (χ0v) is 9.21. The second-order valence-electron chi connectivity index (χ2n) is 3.30. The van der Waals surface area contributed by atoms with Crippen molar-refractivity contribution in [3.05, 3.63) is 41.8 Å². The number of nitriles is 1. The highest BCUT2D eigenvalue weighted by atomic mass is 16.5. The molecule has 2 rings (SSSR count). The molecule has 1 heterocycles. The van der Waals surface area contributed by atoms with Gasteiger partial charge in [0.2, 0.25) is 0 Å². The Balaban J connectivity index is 2.13. The van der Waals surface area contributed by atoms with Crippen molar-refractivity contribution in [2.75, 3.05) is 7.11 Å². The molecule has 1 aromatic heterocycles. The lowest BCUT2D eigenvalue weighted by Crippen LogP contribution is -1.97. The Morgan fingerprint density at radius 2 is 2.29 bits per heavy atom. The lowest BCUT2D eigenvalue weighted by molar-refractivity contribution is 0.283. The van der Waals surface area contributed by atoms with Crippen LogP contribution in [-0.2, 0) is 6.61 Å². The number of nitrogens with zero attached hydrogens (tertiary/aromatic N) is 2. The van der Waals surface area contributed by atoms with E-state index in [4.69, 9.17) is 19.3 Å².